The predicted octanol–water partition coefficient (Wildman–Crippen LogP) is 4.92. The minimum absolute atomic E-state index is 0.0253. The maximum Gasteiger partial charge on any atom is 0.416 e. The summed E-state index contributed by atoms with van der Waals surface area (Å²) in [5.74, 6) is -0.838. The van der Waals surface area contributed by atoms with Gasteiger partial charge in [0.2, 0.25) is 0 Å². The van der Waals surface area contributed by atoms with E-state index in [1.54, 1.807) is 60.1 Å². The first kappa shape index (κ1) is 20.4. The van der Waals surface area contributed by atoms with Gasteiger partial charge in [-0.1, -0.05) is 54.6 Å². The minimum atomic E-state index is -4.41. The first-order valence-electron chi connectivity index (χ1n) is 8.76. The van der Waals surface area contributed by atoms with Crippen LogP contribution >= 0.6 is 0 Å². The van der Waals surface area contributed by atoms with Gasteiger partial charge in [-0.25, -0.2) is 5.48 Å². The highest BCUT2D eigenvalue weighted by atomic mass is 19.4. The smallest absolute Gasteiger partial charge is 0.416 e. The predicted molar refractivity (Wildman–Crippen MR) is 100 cm³/mol. The Bertz CT molecular complexity index is 957. The van der Waals surface area contributed by atoms with Gasteiger partial charge < -0.3 is 4.74 Å². The van der Waals surface area contributed by atoms with E-state index in [2.05, 4.69) is 0 Å². The number of hydroxylamine groups is 1. The standard InChI is InChI=1S/C22H18F3NO3/c23-22(24,25)18-8-4-5-15(13-18)14-29-19-11-9-17(10-12-19)20(21(27)26-28)16-6-2-1-3-7-16/h1-13,20,28H,14H2,(H,26,27). The molecule has 1 unspecified atom stereocenters. The number of nitrogens with one attached hydrogen (secondary N) is 1. The van der Waals surface area contributed by atoms with Gasteiger partial charge in [0.15, 0.2) is 0 Å². The van der Waals surface area contributed by atoms with Gasteiger partial charge in [0.25, 0.3) is 5.91 Å². The highest BCUT2D eigenvalue weighted by Crippen LogP contribution is 2.30. The summed E-state index contributed by atoms with van der Waals surface area (Å²) in [5, 5.41) is 9.07. The maximum atomic E-state index is 12.8. The van der Waals surface area contributed by atoms with Crippen LogP contribution in [0.2, 0.25) is 0 Å². The number of hydrogen-bond donors (Lipinski definition) is 2. The Morgan fingerprint density at radius 3 is 2.21 bits per heavy atom. The van der Waals surface area contributed by atoms with E-state index in [-0.39, 0.29) is 6.61 Å². The normalized spacial score (nSPS) is 12.3. The van der Waals surface area contributed by atoms with Gasteiger partial charge in [-0.3, -0.25) is 10.0 Å². The van der Waals surface area contributed by atoms with Crippen LogP contribution < -0.4 is 10.2 Å². The third kappa shape index (κ3) is 5.14. The molecule has 1 amide bonds. The van der Waals surface area contributed by atoms with Gasteiger partial charge in [-0.05, 0) is 41.0 Å². The van der Waals surface area contributed by atoms with Crippen molar-refractivity contribution in [2.75, 3.05) is 0 Å². The van der Waals surface area contributed by atoms with Crippen LogP contribution in [0.5, 0.6) is 5.75 Å². The zero-order chi connectivity index (χ0) is 20.9. The Morgan fingerprint density at radius 2 is 1.59 bits per heavy atom. The van der Waals surface area contributed by atoms with E-state index in [0.717, 1.165) is 12.1 Å². The molecule has 3 aromatic rings. The van der Waals surface area contributed by atoms with E-state index in [4.69, 9.17) is 9.94 Å². The summed E-state index contributed by atoms with van der Waals surface area (Å²) < 4.78 is 44.0. The number of carbonyl (C=O) groups excluding carboxylic acids is 1. The van der Waals surface area contributed by atoms with E-state index in [1.165, 1.54) is 6.07 Å². The second-order valence-electron chi connectivity index (χ2n) is 6.38. The topological polar surface area (TPSA) is 58.6 Å². The van der Waals surface area contributed by atoms with Gasteiger partial charge in [0.1, 0.15) is 12.4 Å². The summed E-state index contributed by atoms with van der Waals surface area (Å²) in [6, 6.07) is 20.5. The van der Waals surface area contributed by atoms with Crippen LogP contribution in [0.4, 0.5) is 13.2 Å². The van der Waals surface area contributed by atoms with Crippen molar-refractivity contribution in [1.82, 2.24) is 5.48 Å². The van der Waals surface area contributed by atoms with Crippen LogP contribution in [0.15, 0.2) is 78.9 Å². The summed E-state index contributed by atoms with van der Waals surface area (Å²) in [5.41, 5.74) is 2.68. The van der Waals surface area contributed by atoms with Gasteiger partial charge >= 0.3 is 6.18 Å². The molecule has 2 N–H and O–H groups in total. The highest BCUT2D eigenvalue weighted by molar-refractivity contribution is 5.86. The summed E-state index contributed by atoms with van der Waals surface area (Å²) in [4.78, 5) is 12.1. The molecule has 0 spiro atoms. The van der Waals surface area contributed by atoms with Crippen molar-refractivity contribution in [3.8, 4) is 5.75 Å². The molecule has 7 heteroatoms. The molecular weight excluding hydrogens is 383 g/mol. The van der Waals surface area contributed by atoms with Crippen LogP contribution in [-0.4, -0.2) is 11.1 Å². The third-order valence-corrected chi connectivity index (χ3v) is 4.38. The molecule has 0 aliphatic heterocycles. The Balaban J connectivity index is 1.73. The lowest BCUT2D eigenvalue weighted by atomic mass is 9.91. The van der Waals surface area contributed by atoms with Crippen molar-refractivity contribution in [3.63, 3.8) is 0 Å². The zero-order valence-electron chi connectivity index (χ0n) is 15.2. The fourth-order valence-corrected chi connectivity index (χ4v) is 2.97. The molecule has 0 aliphatic carbocycles. The number of rotatable bonds is 6. The fraction of sp³-hybridized carbons (Fsp3) is 0.136. The van der Waals surface area contributed by atoms with E-state index in [1.807, 2.05) is 6.07 Å². The first-order valence-corrected chi connectivity index (χ1v) is 8.76. The summed E-state index contributed by atoms with van der Waals surface area (Å²) in [6.45, 7) is -0.0253. The van der Waals surface area contributed by atoms with Crippen LogP contribution in [0.3, 0.4) is 0 Å². The van der Waals surface area contributed by atoms with E-state index in [0.29, 0.717) is 22.4 Å². The van der Waals surface area contributed by atoms with Gasteiger partial charge in [-0.15, -0.1) is 0 Å². The molecule has 0 saturated heterocycles. The lowest BCUT2D eigenvalue weighted by Crippen LogP contribution is -2.27. The molecule has 3 rings (SSSR count). The lowest BCUT2D eigenvalue weighted by Gasteiger charge is -2.16. The van der Waals surface area contributed by atoms with Gasteiger partial charge in [0.05, 0.1) is 11.5 Å². The van der Waals surface area contributed by atoms with Crippen molar-refractivity contribution in [1.29, 1.82) is 0 Å². The molecule has 1 atom stereocenters. The maximum absolute atomic E-state index is 12.8. The highest BCUT2D eigenvalue weighted by Gasteiger charge is 2.30. The monoisotopic (exact) mass is 401 g/mol. The number of ether oxygens (including phenoxy) is 1. The van der Waals surface area contributed by atoms with Crippen molar-refractivity contribution >= 4 is 5.91 Å². The SMILES string of the molecule is O=C(NO)C(c1ccccc1)c1ccc(OCc2cccc(C(F)(F)F)c2)cc1. The molecular formula is C22H18F3NO3. The molecule has 0 radical (unpaired) electrons. The van der Waals surface area contributed by atoms with Crippen LogP contribution in [0, 0.1) is 0 Å². The number of amides is 1. The largest absolute Gasteiger partial charge is 0.489 e. The summed E-state index contributed by atoms with van der Waals surface area (Å²) in [6.07, 6.45) is -4.41. The quantitative estimate of drug-likeness (QED) is 0.455. The third-order valence-electron chi connectivity index (χ3n) is 4.38. The minimum Gasteiger partial charge on any atom is -0.489 e. The van der Waals surface area contributed by atoms with Crippen LogP contribution in [0.1, 0.15) is 28.2 Å². The van der Waals surface area contributed by atoms with E-state index < -0.39 is 23.6 Å². The lowest BCUT2D eigenvalue weighted by molar-refractivity contribution is -0.137. The second-order valence-corrected chi connectivity index (χ2v) is 6.38. The molecule has 4 nitrogen and oxygen atoms in total. The van der Waals surface area contributed by atoms with Crippen molar-refractivity contribution in [3.05, 3.63) is 101 Å². The first-order chi connectivity index (χ1) is 13.9. The fourth-order valence-electron chi connectivity index (χ4n) is 2.97. The zero-order valence-corrected chi connectivity index (χ0v) is 15.2. The molecule has 0 fully saturated rings. The molecule has 0 heterocycles. The molecule has 150 valence electrons. The number of hydrogen-bond acceptors (Lipinski definition) is 3. The van der Waals surface area contributed by atoms with Crippen molar-refractivity contribution < 1.29 is 27.9 Å². The van der Waals surface area contributed by atoms with Crippen LogP contribution in [-0.2, 0) is 17.6 Å². The number of carbonyl (C=O) groups is 1. The molecule has 3 aromatic carbocycles. The molecule has 0 aliphatic rings. The molecule has 0 saturated carbocycles. The van der Waals surface area contributed by atoms with E-state index >= 15 is 0 Å². The number of halogens is 3. The average molecular weight is 401 g/mol. The molecule has 29 heavy (non-hydrogen) atoms. The summed E-state index contributed by atoms with van der Waals surface area (Å²) in [7, 11) is 0. The Kier molecular flexibility index (Phi) is 6.19. The van der Waals surface area contributed by atoms with Gasteiger partial charge in [0, 0.05) is 0 Å². The Hall–Kier alpha value is -3.32. The average Bonchev–Trinajstić information content (AvgIpc) is 2.73. The van der Waals surface area contributed by atoms with Gasteiger partial charge in [-0.2, -0.15) is 13.2 Å². The molecule has 0 aromatic heterocycles. The second kappa shape index (κ2) is 8.79. The number of alkyl halides is 3. The Labute approximate surface area is 165 Å². The van der Waals surface area contributed by atoms with E-state index in [9.17, 15) is 18.0 Å². The van der Waals surface area contributed by atoms with Crippen LogP contribution in [0.25, 0.3) is 0 Å². The number of benzene rings is 3. The molecule has 0 bridgehead atoms. The van der Waals surface area contributed by atoms with Crippen molar-refractivity contribution in [2.24, 2.45) is 0 Å². The van der Waals surface area contributed by atoms with Crippen molar-refractivity contribution in [2.45, 2.75) is 18.7 Å². The Morgan fingerprint density at radius 1 is 0.931 bits per heavy atom. The summed E-state index contributed by atoms with van der Waals surface area (Å²) >= 11 is 0.